The molecule has 1 N–H and O–H groups in total. The molecule has 0 saturated carbocycles. The van der Waals surface area contributed by atoms with Crippen LogP contribution in [0, 0.1) is 13.8 Å². The van der Waals surface area contributed by atoms with Gasteiger partial charge in [-0.1, -0.05) is 59.7 Å². The van der Waals surface area contributed by atoms with Crippen molar-refractivity contribution in [1.29, 1.82) is 0 Å². The third-order valence-corrected chi connectivity index (χ3v) is 7.06. The van der Waals surface area contributed by atoms with Crippen molar-refractivity contribution in [3.05, 3.63) is 119 Å². The zero-order valence-electron chi connectivity index (χ0n) is 24.2. The fraction of sp³-hybridized carbons (Fsp3) is 0.314. The predicted molar refractivity (Wildman–Crippen MR) is 166 cm³/mol. The summed E-state index contributed by atoms with van der Waals surface area (Å²) in [5.41, 5.74) is 8.56. The van der Waals surface area contributed by atoms with Crippen molar-refractivity contribution < 1.29 is 14.6 Å². The highest BCUT2D eigenvalue weighted by Crippen LogP contribution is 2.31. The quantitative estimate of drug-likeness (QED) is 0.166. The van der Waals surface area contributed by atoms with Crippen LogP contribution in [-0.2, 0) is 9.47 Å². The first-order valence-electron chi connectivity index (χ1n) is 14.2. The number of anilines is 4. The van der Waals surface area contributed by atoms with E-state index >= 15 is 0 Å². The van der Waals surface area contributed by atoms with Crippen LogP contribution in [0.25, 0.3) is 0 Å². The summed E-state index contributed by atoms with van der Waals surface area (Å²) in [7, 11) is 0. The van der Waals surface area contributed by atoms with E-state index in [0.29, 0.717) is 26.4 Å². The maximum atomic E-state index is 11.2. The molecule has 0 aromatic heterocycles. The fourth-order valence-electron chi connectivity index (χ4n) is 4.73. The molecule has 4 aromatic rings. The Hall–Kier alpha value is -3.64. The molecule has 210 valence electrons. The standard InChI is InChI=1S/C35H42N2O3/c1-5-39-25-23-36(31-15-7-27(3)8-16-31)33-19-11-29(12-20-33)35(38)30-13-21-34(22-14-30)37(24-26-40-6-2)32-17-9-28(4)10-18-32/h7-22,35,38H,5-6,23-26H2,1-4H3. The Kier molecular flexibility index (Phi) is 10.8. The average molecular weight is 539 g/mol. The molecule has 0 aliphatic rings. The summed E-state index contributed by atoms with van der Waals surface area (Å²) >= 11 is 0. The highest BCUT2D eigenvalue weighted by molar-refractivity contribution is 5.65. The number of aliphatic hydroxyl groups is 1. The van der Waals surface area contributed by atoms with Gasteiger partial charge in [0.2, 0.25) is 0 Å². The topological polar surface area (TPSA) is 45.2 Å². The van der Waals surface area contributed by atoms with Crippen LogP contribution in [0.2, 0.25) is 0 Å². The number of ether oxygens (including phenoxy) is 2. The largest absolute Gasteiger partial charge is 0.384 e. The van der Waals surface area contributed by atoms with Gasteiger partial charge in [0.05, 0.1) is 13.2 Å². The lowest BCUT2D eigenvalue weighted by Gasteiger charge is -2.26. The smallest absolute Gasteiger partial charge is 0.104 e. The summed E-state index contributed by atoms with van der Waals surface area (Å²) < 4.78 is 11.3. The fourth-order valence-corrected chi connectivity index (χ4v) is 4.73. The summed E-state index contributed by atoms with van der Waals surface area (Å²) in [6, 6.07) is 33.4. The molecule has 0 fully saturated rings. The average Bonchev–Trinajstić information content (AvgIpc) is 2.99. The Morgan fingerprint density at radius 3 is 1.12 bits per heavy atom. The third-order valence-electron chi connectivity index (χ3n) is 7.06. The SMILES string of the molecule is CCOCCN(c1ccc(C)cc1)c1ccc(C(O)c2ccc(N(CCOCC)c3ccc(C)cc3)cc2)cc1. The van der Waals surface area contributed by atoms with Crippen molar-refractivity contribution in [3.8, 4) is 0 Å². The predicted octanol–water partition coefficient (Wildman–Crippen LogP) is 7.73. The molecule has 0 radical (unpaired) electrons. The number of aliphatic hydroxyl groups excluding tert-OH is 1. The molecule has 0 bridgehead atoms. The van der Waals surface area contributed by atoms with Crippen molar-refractivity contribution in [2.75, 3.05) is 49.3 Å². The van der Waals surface area contributed by atoms with E-state index in [2.05, 4.69) is 96.4 Å². The van der Waals surface area contributed by atoms with Crippen LogP contribution >= 0.6 is 0 Å². The molecule has 0 amide bonds. The Morgan fingerprint density at radius 2 is 0.825 bits per heavy atom. The lowest BCUT2D eigenvalue weighted by molar-refractivity contribution is 0.155. The maximum absolute atomic E-state index is 11.2. The minimum atomic E-state index is -0.712. The van der Waals surface area contributed by atoms with E-state index in [4.69, 9.17) is 9.47 Å². The number of hydrogen-bond donors (Lipinski definition) is 1. The van der Waals surface area contributed by atoms with Crippen LogP contribution in [0.4, 0.5) is 22.7 Å². The Balaban J connectivity index is 1.51. The highest BCUT2D eigenvalue weighted by atomic mass is 16.5. The summed E-state index contributed by atoms with van der Waals surface area (Å²) in [5, 5.41) is 11.2. The molecular weight excluding hydrogens is 496 g/mol. The van der Waals surface area contributed by atoms with Gasteiger partial charge in [-0.25, -0.2) is 0 Å². The van der Waals surface area contributed by atoms with Crippen molar-refractivity contribution in [2.45, 2.75) is 33.8 Å². The van der Waals surface area contributed by atoms with Gasteiger partial charge in [0.25, 0.3) is 0 Å². The molecule has 0 spiro atoms. The Labute approximate surface area is 239 Å². The van der Waals surface area contributed by atoms with Gasteiger partial charge < -0.3 is 24.4 Å². The van der Waals surface area contributed by atoms with E-state index in [-0.39, 0.29) is 0 Å². The summed E-state index contributed by atoms with van der Waals surface area (Å²) in [6.07, 6.45) is -0.712. The van der Waals surface area contributed by atoms with Gasteiger partial charge in [0.1, 0.15) is 6.10 Å². The van der Waals surface area contributed by atoms with Gasteiger partial charge in [0.15, 0.2) is 0 Å². The molecule has 5 heteroatoms. The number of rotatable bonds is 14. The van der Waals surface area contributed by atoms with Gasteiger partial charge in [-0.15, -0.1) is 0 Å². The number of nitrogens with zero attached hydrogens (tertiary/aromatic N) is 2. The first-order valence-corrected chi connectivity index (χ1v) is 14.2. The minimum absolute atomic E-state index is 0.644. The van der Waals surface area contributed by atoms with Crippen molar-refractivity contribution >= 4 is 22.7 Å². The molecule has 0 atom stereocenters. The van der Waals surface area contributed by atoms with Crippen LogP contribution in [0.1, 0.15) is 42.2 Å². The molecule has 0 aliphatic carbocycles. The summed E-state index contributed by atoms with van der Waals surface area (Å²) in [6.45, 7) is 12.4. The van der Waals surface area contributed by atoms with Gasteiger partial charge in [-0.05, 0) is 87.4 Å². The molecular formula is C35H42N2O3. The summed E-state index contributed by atoms with van der Waals surface area (Å²) in [5.74, 6) is 0. The maximum Gasteiger partial charge on any atom is 0.104 e. The van der Waals surface area contributed by atoms with Crippen molar-refractivity contribution in [1.82, 2.24) is 0 Å². The Bertz CT molecular complexity index is 1180. The Morgan fingerprint density at radius 1 is 0.525 bits per heavy atom. The molecule has 0 aliphatic heterocycles. The first kappa shape index (κ1) is 29.3. The lowest BCUT2D eigenvalue weighted by Crippen LogP contribution is -2.22. The van der Waals surface area contributed by atoms with Crippen molar-refractivity contribution in [3.63, 3.8) is 0 Å². The van der Waals surface area contributed by atoms with Gasteiger partial charge in [-0.2, -0.15) is 0 Å². The first-order chi connectivity index (χ1) is 19.5. The minimum Gasteiger partial charge on any atom is -0.384 e. The van der Waals surface area contributed by atoms with Crippen molar-refractivity contribution in [2.24, 2.45) is 0 Å². The lowest BCUT2D eigenvalue weighted by atomic mass is 10.0. The van der Waals surface area contributed by atoms with E-state index in [1.807, 2.05) is 38.1 Å². The highest BCUT2D eigenvalue weighted by Gasteiger charge is 2.15. The van der Waals surface area contributed by atoms with E-state index in [1.165, 1.54) is 11.1 Å². The molecule has 0 saturated heterocycles. The van der Waals surface area contributed by atoms with Crippen LogP contribution in [0.15, 0.2) is 97.1 Å². The van der Waals surface area contributed by atoms with Crippen LogP contribution in [-0.4, -0.2) is 44.6 Å². The van der Waals surface area contributed by atoms with Crippen LogP contribution in [0.5, 0.6) is 0 Å². The van der Waals surface area contributed by atoms with E-state index < -0.39 is 6.10 Å². The monoisotopic (exact) mass is 538 g/mol. The zero-order valence-corrected chi connectivity index (χ0v) is 24.2. The normalized spacial score (nSPS) is 11.2. The van der Waals surface area contributed by atoms with Crippen LogP contribution < -0.4 is 9.80 Å². The van der Waals surface area contributed by atoms with Crippen LogP contribution in [0.3, 0.4) is 0 Å². The second kappa shape index (κ2) is 14.7. The molecule has 4 rings (SSSR count). The van der Waals surface area contributed by atoms with Gasteiger partial charge in [0, 0.05) is 49.1 Å². The zero-order chi connectivity index (χ0) is 28.3. The summed E-state index contributed by atoms with van der Waals surface area (Å²) in [4.78, 5) is 4.50. The number of benzene rings is 4. The molecule has 40 heavy (non-hydrogen) atoms. The number of aryl methyl sites for hydroxylation is 2. The second-order valence-corrected chi connectivity index (χ2v) is 9.95. The van der Waals surface area contributed by atoms with Gasteiger partial charge >= 0.3 is 0 Å². The number of hydrogen-bond acceptors (Lipinski definition) is 5. The molecule has 0 unspecified atom stereocenters. The molecule has 5 nitrogen and oxygen atoms in total. The third kappa shape index (κ3) is 7.72. The van der Waals surface area contributed by atoms with Gasteiger partial charge in [-0.3, -0.25) is 0 Å². The molecule has 0 heterocycles. The van der Waals surface area contributed by atoms with E-state index in [0.717, 1.165) is 47.0 Å². The van der Waals surface area contributed by atoms with E-state index in [1.54, 1.807) is 0 Å². The molecule has 4 aromatic carbocycles. The second-order valence-electron chi connectivity index (χ2n) is 9.95. The van der Waals surface area contributed by atoms with E-state index in [9.17, 15) is 5.11 Å².